The summed E-state index contributed by atoms with van der Waals surface area (Å²) in [5.41, 5.74) is 4.28. The number of aryl methyl sites for hydroxylation is 2. The smallest absolute Gasteiger partial charge is 0.240 e. The van der Waals surface area contributed by atoms with Gasteiger partial charge in [0.2, 0.25) is 15.9 Å². The Morgan fingerprint density at radius 2 is 1.75 bits per heavy atom. The third-order valence-corrected chi connectivity index (χ3v) is 6.84. The molecule has 0 radical (unpaired) electrons. The van der Waals surface area contributed by atoms with Crippen LogP contribution in [0.5, 0.6) is 0 Å². The van der Waals surface area contributed by atoms with Crippen LogP contribution in [0.25, 0.3) is 0 Å². The Bertz CT molecular complexity index is 971. The number of fused-ring (bicyclic) bond motifs is 1. The minimum Gasteiger partial charge on any atom is -0.360 e. The fraction of sp³-hybridized carbons (Fsp3) is 0.381. The lowest BCUT2D eigenvalue weighted by molar-refractivity contribution is -0.120. The molecule has 28 heavy (non-hydrogen) atoms. The molecule has 2 aliphatic rings. The number of anilines is 1. The molecule has 0 atom stereocenters. The molecule has 1 aliphatic heterocycles. The van der Waals surface area contributed by atoms with Gasteiger partial charge in [0, 0.05) is 25.3 Å². The van der Waals surface area contributed by atoms with Crippen molar-refractivity contribution in [1.29, 1.82) is 0 Å². The van der Waals surface area contributed by atoms with Crippen LogP contribution in [0, 0.1) is 0 Å². The maximum atomic E-state index is 12.7. The predicted octanol–water partition coefficient (Wildman–Crippen LogP) is 1.98. The summed E-state index contributed by atoms with van der Waals surface area (Å²) in [6.07, 6.45) is 4.28. The van der Waals surface area contributed by atoms with Gasteiger partial charge in [-0.05, 0) is 66.6 Å². The van der Waals surface area contributed by atoms with Crippen molar-refractivity contribution in [1.82, 2.24) is 10.0 Å². The van der Waals surface area contributed by atoms with Crippen molar-refractivity contribution in [3.63, 3.8) is 0 Å². The Morgan fingerprint density at radius 1 is 1.00 bits per heavy atom. The summed E-state index contributed by atoms with van der Waals surface area (Å²) in [6, 6.07) is 13.1. The van der Waals surface area contributed by atoms with E-state index in [4.69, 9.17) is 0 Å². The molecule has 0 aromatic heterocycles. The van der Waals surface area contributed by atoms with Crippen LogP contribution in [0.2, 0.25) is 0 Å². The number of amides is 1. The molecule has 0 saturated carbocycles. The molecule has 6 nitrogen and oxygen atoms in total. The monoisotopic (exact) mass is 399 g/mol. The summed E-state index contributed by atoms with van der Waals surface area (Å²) in [6.45, 7) is 2.00. The second-order valence-corrected chi connectivity index (χ2v) is 9.17. The second kappa shape index (κ2) is 7.93. The van der Waals surface area contributed by atoms with Gasteiger partial charge in [0.05, 0.1) is 11.4 Å². The molecule has 0 unspecified atom stereocenters. The quantitative estimate of drug-likeness (QED) is 0.806. The van der Waals surface area contributed by atoms with Crippen LogP contribution in [0.4, 0.5) is 5.69 Å². The van der Waals surface area contributed by atoms with E-state index in [-0.39, 0.29) is 12.5 Å². The zero-order chi connectivity index (χ0) is 19.6. The number of piperazine rings is 1. The molecule has 2 aromatic rings. The molecule has 2 N–H and O–H groups in total. The highest BCUT2D eigenvalue weighted by atomic mass is 32.2. The molecule has 4 rings (SSSR count). The first kappa shape index (κ1) is 19.0. The number of benzene rings is 2. The van der Waals surface area contributed by atoms with Crippen molar-refractivity contribution in [3.05, 3.63) is 59.2 Å². The summed E-state index contributed by atoms with van der Waals surface area (Å²) >= 11 is 0. The second-order valence-electron chi connectivity index (χ2n) is 7.40. The molecule has 2 aromatic carbocycles. The summed E-state index contributed by atoms with van der Waals surface area (Å²) in [4.78, 5) is 13.9. The Kier molecular flexibility index (Phi) is 5.37. The maximum absolute atomic E-state index is 12.7. The van der Waals surface area contributed by atoms with Crippen molar-refractivity contribution < 1.29 is 13.2 Å². The summed E-state index contributed by atoms with van der Waals surface area (Å²) < 4.78 is 28.1. The fourth-order valence-electron chi connectivity index (χ4n) is 3.82. The summed E-state index contributed by atoms with van der Waals surface area (Å²) in [5.74, 6) is 0.0214. The van der Waals surface area contributed by atoms with Crippen molar-refractivity contribution in [2.24, 2.45) is 0 Å². The van der Waals surface area contributed by atoms with Gasteiger partial charge in [-0.15, -0.1) is 0 Å². The van der Waals surface area contributed by atoms with Crippen LogP contribution in [-0.2, 0) is 34.2 Å². The minimum atomic E-state index is -3.54. The average molecular weight is 400 g/mol. The number of nitrogens with one attached hydrogen (secondary N) is 2. The number of hydrogen-bond acceptors (Lipinski definition) is 4. The maximum Gasteiger partial charge on any atom is 0.240 e. The Balaban J connectivity index is 1.41. The van der Waals surface area contributed by atoms with E-state index >= 15 is 0 Å². The number of carbonyl (C=O) groups excluding carboxylic acids is 1. The SMILES string of the molecule is O=C1CN(c2ccc(CNS(=O)(=O)c3ccc4c(c3)CCCC4)cc2)CCN1. The molecular weight excluding hydrogens is 374 g/mol. The molecule has 1 amide bonds. The van der Waals surface area contributed by atoms with E-state index in [0.717, 1.165) is 42.6 Å². The van der Waals surface area contributed by atoms with E-state index in [0.29, 0.717) is 18.0 Å². The fourth-order valence-corrected chi connectivity index (χ4v) is 4.89. The van der Waals surface area contributed by atoms with Crippen LogP contribution in [-0.4, -0.2) is 34.0 Å². The van der Waals surface area contributed by atoms with Gasteiger partial charge in [-0.2, -0.15) is 0 Å². The zero-order valence-electron chi connectivity index (χ0n) is 15.8. The summed E-state index contributed by atoms with van der Waals surface area (Å²) in [7, 11) is -3.54. The van der Waals surface area contributed by atoms with Crippen molar-refractivity contribution in [2.45, 2.75) is 37.1 Å². The van der Waals surface area contributed by atoms with Crippen molar-refractivity contribution >= 4 is 21.6 Å². The highest BCUT2D eigenvalue weighted by Gasteiger charge is 2.18. The summed E-state index contributed by atoms with van der Waals surface area (Å²) in [5, 5.41) is 2.81. The largest absolute Gasteiger partial charge is 0.360 e. The van der Waals surface area contributed by atoms with Crippen LogP contribution in [0.1, 0.15) is 29.5 Å². The number of nitrogens with zero attached hydrogens (tertiary/aromatic N) is 1. The van der Waals surface area contributed by atoms with E-state index in [1.165, 1.54) is 12.0 Å². The highest BCUT2D eigenvalue weighted by Crippen LogP contribution is 2.24. The Labute approximate surface area is 166 Å². The standard InChI is InChI=1S/C21H25N3O3S/c25-21-15-24(12-11-22-21)19-8-5-16(6-9-19)14-23-28(26,27)20-10-7-17-3-1-2-4-18(17)13-20/h5-10,13,23H,1-4,11-12,14-15H2,(H,22,25). The van der Waals surface area contributed by atoms with Gasteiger partial charge in [0.1, 0.15) is 0 Å². The van der Waals surface area contributed by atoms with Crippen LogP contribution in [0.15, 0.2) is 47.4 Å². The third-order valence-electron chi connectivity index (χ3n) is 5.44. The molecule has 0 spiro atoms. The topological polar surface area (TPSA) is 78.5 Å². The molecular formula is C21H25N3O3S. The lowest BCUT2D eigenvalue weighted by Crippen LogP contribution is -2.47. The van der Waals surface area contributed by atoms with E-state index in [1.807, 2.05) is 41.3 Å². The number of carbonyl (C=O) groups is 1. The average Bonchev–Trinajstić information content (AvgIpc) is 2.72. The first-order valence-electron chi connectivity index (χ1n) is 9.73. The van der Waals surface area contributed by atoms with Crippen LogP contribution in [0.3, 0.4) is 0 Å². The molecule has 1 heterocycles. The minimum absolute atomic E-state index is 0.0214. The van der Waals surface area contributed by atoms with Crippen LogP contribution < -0.4 is 14.9 Å². The van der Waals surface area contributed by atoms with E-state index < -0.39 is 10.0 Å². The van der Waals surface area contributed by atoms with Gasteiger partial charge in [-0.3, -0.25) is 4.79 Å². The van der Waals surface area contributed by atoms with Gasteiger partial charge >= 0.3 is 0 Å². The third kappa shape index (κ3) is 4.20. The molecule has 1 aliphatic carbocycles. The Hall–Kier alpha value is -2.38. The number of rotatable bonds is 5. The van der Waals surface area contributed by atoms with Crippen LogP contribution >= 0.6 is 0 Å². The highest BCUT2D eigenvalue weighted by molar-refractivity contribution is 7.89. The molecule has 1 fully saturated rings. The lowest BCUT2D eigenvalue weighted by Gasteiger charge is -2.28. The van der Waals surface area contributed by atoms with Gasteiger partial charge in [-0.25, -0.2) is 13.1 Å². The van der Waals surface area contributed by atoms with Crippen molar-refractivity contribution in [3.8, 4) is 0 Å². The van der Waals surface area contributed by atoms with Gasteiger partial charge in [-0.1, -0.05) is 18.2 Å². The number of hydrogen-bond donors (Lipinski definition) is 2. The Morgan fingerprint density at radius 3 is 2.50 bits per heavy atom. The first-order chi connectivity index (χ1) is 13.5. The first-order valence-corrected chi connectivity index (χ1v) is 11.2. The normalized spacial score (nSPS) is 17.1. The van der Waals surface area contributed by atoms with Gasteiger partial charge in [0.25, 0.3) is 0 Å². The molecule has 148 valence electrons. The van der Waals surface area contributed by atoms with Gasteiger partial charge in [0.15, 0.2) is 0 Å². The van der Waals surface area contributed by atoms with E-state index in [9.17, 15) is 13.2 Å². The number of sulfonamides is 1. The predicted molar refractivity (Wildman–Crippen MR) is 109 cm³/mol. The lowest BCUT2D eigenvalue weighted by atomic mass is 9.92. The van der Waals surface area contributed by atoms with E-state index in [1.54, 1.807) is 6.07 Å². The van der Waals surface area contributed by atoms with Gasteiger partial charge < -0.3 is 10.2 Å². The van der Waals surface area contributed by atoms with E-state index in [2.05, 4.69) is 10.0 Å². The molecule has 0 bridgehead atoms. The van der Waals surface area contributed by atoms with Crippen molar-refractivity contribution in [2.75, 3.05) is 24.5 Å². The molecule has 7 heteroatoms. The molecule has 1 saturated heterocycles. The zero-order valence-corrected chi connectivity index (χ0v) is 16.6.